The molecule has 1 aliphatic carbocycles. The van der Waals surface area contributed by atoms with Crippen molar-refractivity contribution < 1.29 is 14.1 Å². The third-order valence-electron chi connectivity index (χ3n) is 7.69. The van der Waals surface area contributed by atoms with E-state index in [9.17, 15) is 4.79 Å². The third-order valence-corrected chi connectivity index (χ3v) is 9.74. The zero-order valence-corrected chi connectivity index (χ0v) is 20.2. The van der Waals surface area contributed by atoms with Crippen LogP contribution in [0.15, 0.2) is 46.6 Å². The normalized spacial score (nSPS) is 29.2. The van der Waals surface area contributed by atoms with Gasteiger partial charge >= 0.3 is 7.12 Å². The van der Waals surface area contributed by atoms with E-state index in [1.165, 1.54) is 21.8 Å². The number of nitrogens with zero attached hydrogens (tertiary/aromatic N) is 1. The van der Waals surface area contributed by atoms with Gasteiger partial charge in [0.05, 0.1) is 25.3 Å². The van der Waals surface area contributed by atoms with Gasteiger partial charge in [-0.1, -0.05) is 49.1 Å². The largest absolute Gasteiger partial charge is 0.491 e. The molecule has 1 amide bonds. The van der Waals surface area contributed by atoms with Crippen LogP contribution in [0.3, 0.4) is 0 Å². The van der Waals surface area contributed by atoms with E-state index < -0.39 is 8.07 Å². The quantitative estimate of drug-likeness (QED) is 0.629. The summed E-state index contributed by atoms with van der Waals surface area (Å²) < 4.78 is 13.2. The van der Waals surface area contributed by atoms with Crippen molar-refractivity contribution in [3.05, 3.63) is 52.1 Å². The van der Waals surface area contributed by atoms with Crippen LogP contribution in [-0.2, 0) is 14.1 Å². The number of piperidine rings is 1. The third kappa shape index (κ3) is 2.69. The maximum absolute atomic E-state index is 13.0. The lowest BCUT2D eigenvalue weighted by Crippen LogP contribution is -2.48. The first-order valence-electron chi connectivity index (χ1n) is 11.1. The highest BCUT2D eigenvalue weighted by Crippen LogP contribution is 2.56. The smallest absolute Gasteiger partial charge is 0.400 e. The molecule has 0 bridgehead atoms. The summed E-state index contributed by atoms with van der Waals surface area (Å²) in [6.45, 7) is 15.7. The Morgan fingerprint density at radius 1 is 1.03 bits per heavy atom. The van der Waals surface area contributed by atoms with Gasteiger partial charge in [-0.25, -0.2) is 0 Å². The van der Waals surface area contributed by atoms with Gasteiger partial charge in [-0.15, -0.1) is 0 Å². The molecule has 1 aromatic carbocycles. The van der Waals surface area contributed by atoms with E-state index in [1.807, 2.05) is 6.07 Å². The molecule has 2 saturated heterocycles. The first kappa shape index (κ1) is 20.3. The van der Waals surface area contributed by atoms with Crippen LogP contribution in [0.2, 0.25) is 19.6 Å². The van der Waals surface area contributed by atoms with Crippen molar-refractivity contribution in [2.45, 2.75) is 83.3 Å². The van der Waals surface area contributed by atoms with Crippen LogP contribution < -0.4 is 4.90 Å². The molecule has 6 heteroatoms. The maximum Gasteiger partial charge on any atom is 0.491 e. The monoisotopic (exact) mass is 421 g/mol. The standard InChI is InChI=1S/C24H32BNO3Si/c1-23(2)24(3,4)29-25(28-23)21-18(30(5,6)7)14-15-12-13-19(27)26-17-11-9-8-10-16(17)20(21)22(15)26/h8-11,14,20,22H,12-13H2,1-7H3/t20-,22+/m1/s1. The highest BCUT2D eigenvalue weighted by molar-refractivity contribution is 6.85. The number of amides is 1. The molecule has 0 aromatic heterocycles. The van der Waals surface area contributed by atoms with Crippen molar-refractivity contribution in [2.75, 3.05) is 4.90 Å². The summed E-state index contributed by atoms with van der Waals surface area (Å²) in [6.07, 6.45) is 3.86. The summed E-state index contributed by atoms with van der Waals surface area (Å²) in [5, 5.41) is 1.43. The molecule has 5 rings (SSSR count). The van der Waals surface area contributed by atoms with E-state index in [0.717, 1.165) is 12.1 Å². The number of carbonyl (C=O) groups is 1. The van der Waals surface area contributed by atoms with E-state index >= 15 is 0 Å². The summed E-state index contributed by atoms with van der Waals surface area (Å²) in [4.78, 5) is 15.1. The van der Waals surface area contributed by atoms with Gasteiger partial charge in [0.1, 0.15) is 0 Å². The topological polar surface area (TPSA) is 38.8 Å². The molecule has 30 heavy (non-hydrogen) atoms. The summed E-state index contributed by atoms with van der Waals surface area (Å²) in [5.41, 5.74) is 4.18. The lowest BCUT2D eigenvalue weighted by molar-refractivity contribution is -0.119. The molecule has 4 nitrogen and oxygen atoms in total. The fourth-order valence-electron chi connectivity index (χ4n) is 5.45. The number of para-hydroxylation sites is 1. The zero-order chi connectivity index (χ0) is 21.6. The summed E-state index contributed by atoms with van der Waals surface area (Å²) in [7, 11) is -2.08. The van der Waals surface area contributed by atoms with Crippen molar-refractivity contribution in [1.82, 2.24) is 0 Å². The van der Waals surface area contributed by atoms with E-state index in [0.29, 0.717) is 6.42 Å². The van der Waals surface area contributed by atoms with Crippen molar-refractivity contribution >= 4 is 26.8 Å². The first-order valence-corrected chi connectivity index (χ1v) is 14.6. The molecule has 158 valence electrons. The number of allylic oxidation sites excluding steroid dienone is 2. The van der Waals surface area contributed by atoms with Gasteiger partial charge in [0.15, 0.2) is 0 Å². The lowest BCUT2D eigenvalue weighted by Gasteiger charge is -2.41. The molecule has 2 fully saturated rings. The van der Waals surface area contributed by atoms with E-state index in [-0.39, 0.29) is 36.2 Å². The van der Waals surface area contributed by atoms with Crippen LogP contribution in [0.25, 0.3) is 0 Å². The van der Waals surface area contributed by atoms with Crippen molar-refractivity contribution in [3.8, 4) is 0 Å². The Morgan fingerprint density at radius 2 is 1.67 bits per heavy atom. The Bertz CT molecular complexity index is 988. The summed E-state index contributed by atoms with van der Waals surface area (Å²) in [5.74, 6) is 0.346. The van der Waals surface area contributed by atoms with Crippen LogP contribution >= 0.6 is 0 Å². The molecule has 0 radical (unpaired) electrons. The van der Waals surface area contributed by atoms with Gasteiger partial charge in [0, 0.05) is 18.0 Å². The van der Waals surface area contributed by atoms with Gasteiger partial charge < -0.3 is 14.2 Å². The van der Waals surface area contributed by atoms with Gasteiger partial charge in [-0.3, -0.25) is 4.79 Å². The predicted octanol–water partition coefficient (Wildman–Crippen LogP) is 5.02. The Hall–Kier alpha value is -1.63. The van der Waals surface area contributed by atoms with Crippen molar-refractivity contribution in [1.29, 1.82) is 0 Å². The maximum atomic E-state index is 13.0. The number of benzene rings is 1. The minimum absolute atomic E-state index is 0.0674. The predicted molar refractivity (Wildman–Crippen MR) is 124 cm³/mol. The Morgan fingerprint density at radius 3 is 2.30 bits per heavy atom. The van der Waals surface area contributed by atoms with Gasteiger partial charge in [0.25, 0.3) is 0 Å². The van der Waals surface area contributed by atoms with E-state index in [2.05, 4.69) is 76.5 Å². The number of rotatable bonds is 2. The second kappa shape index (κ2) is 6.21. The Kier molecular flexibility index (Phi) is 4.20. The Balaban J connectivity index is 1.75. The first-order chi connectivity index (χ1) is 13.9. The SMILES string of the molecule is CC1(C)OB(C2=C([Si](C)(C)C)C=C3CCC(=O)N4c5ccccc5[C@H]2[C@H]34)OC1(C)C. The van der Waals surface area contributed by atoms with Crippen LogP contribution in [0, 0.1) is 0 Å². The Labute approximate surface area is 181 Å². The molecule has 0 spiro atoms. The van der Waals surface area contributed by atoms with E-state index in [4.69, 9.17) is 9.31 Å². The van der Waals surface area contributed by atoms with Crippen molar-refractivity contribution in [2.24, 2.45) is 0 Å². The molecule has 3 heterocycles. The van der Waals surface area contributed by atoms with Gasteiger partial charge in [0.2, 0.25) is 5.91 Å². The van der Waals surface area contributed by atoms with Crippen LogP contribution in [-0.4, -0.2) is 38.3 Å². The molecule has 0 N–H and O–H groups in total. The van der Waals surface area contributed by atoms with Crippen LogP contribution in [0.5, 0.6) is 0 Å². The average molecular weight is 421 g/mol. The van der Waals surface area contributed by atoms with Gasteiger partial charge in [-0.2, -0.15) is 0 Å². The van der Waals surface area contributed by atoms with Gasteiger partial charge in [-0.05, 0) is 56.8 Å². The fourth-order valence-corrected chi connectivity index (χ4v) is 7.21. The molecular weight excluding hydrogens is 389 g/mol. The minimum atomic E-state index is -1.69. The molecule has 0 saturated carbocycles. The molecular formula is C24H32BNO3Si. The molecule has 1 aromatic rings. The number of anilines is 1. The molecule has 4 aliphatic rings. The van der Waals surface area contributed by atoms with Crippen LogP contribution in [0.4, 0.5) is 5.69 Å². The number of hydrogen-bond donors (Lipinski definition) is 0. The molecule has 3 aliphatic heterocycles. The van der Waals surface area contributed by atoms with E-state index in [1.54, 1.807) is 0 Å². The second-order valence-corrected chi connectivity index (χ2v) is 16.2. The number of fused-ring (bicyclic) bond motifs is 3. The minimum Gasteiger partial charge on any atom is -0.400 e. The molecule has 2 atom stereocenters. The second-order valence-electron chi connectivity index (χ2n) is 11.2. The fraction of sp³-hybridized carbons (Fsp3) is 0.542. The lowest BCUT2D eigenvalue weighted by atomic mass is 9.63. The number of hydrogen-bond acceptors (Lipinski definition) is 3. The van der Waals surface area contributed by atoms with Crippen molar-refractivity contribution in [3.63, 3.8) is 0 Å². The average Bonchev–Trinajstić information content (AvgIpc) is 3.09. The summed E-state index contributed by atoms with van der Waals surface area (Å²) >= 11 is 0. The van der Waals surface area contributed by atoms with Crippen LogP contribution in [0.1, 0.15) is 52.0 Å². The molecule has 0 unspecified atom stereocenters. The highest BCUT2D eigenvalue weighted by atomic mass is 28.3. The summed E-state index contributed by atoms with van der Waals surface area (Å²) in [6, 6.07) is 8.50. The zero-order valence-electron chi connectivity index (χ0n) is 19.2. The highest BCUT2D eigenvalue weighted by Gasteiger charge is 2.59. The number of carbonyl (C=O) groups excluding carboxylic acids is 1.